The number of phosphoric acid groups is 1. The van der Waals surface area contributed by atoms with Crippen LogP contribution in [0.1, 0.15) is 6.23 Å². The van der Waals surface area contributed by atoms with E-state index in [0.29, 0.717) is 0 Å². The van der Waals surface area contributed by atoms with Crippen molar-refractivity contribution >= 4 is 13.6 Å². The SMILES string of the molecule is Nc1ccn([C@@H]2O[C@H](OP(=O)(O)O)C(O)C2O)c(=O)n1. The molecule has 0 radical (unpaired) electrons. The Morgan fingerprint density at radius 3 is 2.60 bits per heavy atom. The maximum atomic E-state index is 11.6. The van der Waals surface area contributed by atoms with E-state index in [1.54, 1.807) is 0 Å². The Bertz CT molecular complexity index is 600. The smallest absolute Gasteiger partial charge is 0.385 e. The average molecular weight is 309 g/mol. The van der Waals surface area contributed by atoms with Gasteiger partial charge in [0.25, 0.3) is 0 Å². The molecule has 0 saturated carbocycles. The summed E-state index contributed by atoms with van der Waals surface area (Å²) in [6.45, 7) is 0. The van der Waals surface area contributed by atoms with E-state index in [1.165, 1.54) is 6.07 Å². The highest BCUT2D eigenvalue weighted by Gasteiger charge is 2.47. The molecule has 1 aliphatic rings. The number of nitrogens with zero attached hydrogens (tertiary/aromatic N) is 2. The van der Waals surface area contributed by atoms with Gasteiger partial charge < -0.3 is 30.5 Å². The predicted molar refractivity (Wildman–Crippen MR) is 62.0 cm³/mol. The summed E-state index contributed by atoms with van der Waals surface area (Å²) in [4.78, 5) is 32.3. The van der Waals surface area contributed by atoms with E-state index in [4.69, 9.17) is 20.3 Å². The number of aliphatic hydroxyl groups is 2. The molecule has 112 valence electrons. The quantitative estimate of drug-likeness (QED) is 0.375. The molecule has 0 bridgehead atoms. The molecule has 20 heavy (non-hydrogen) atoms. The summed E-state index contributed by atoms with van der Waals surface area (Å²) in [6.07, 6.45) is -5.44. The minimum Gasteiger partial charge on any atom is -0.385 e. The molecule has 11 nitrogen and oxygen atoms in total. The van der Waals surface area contributed by atoms with Crippen LogP contribution in [0.2, 0.25) is 0 Å². The number of nitrogens with two attached hydrogens (primary N) is 1. The fourth-order valence-electron chi connectivity index (χ4n) is 1.70. The molecule has 1 aromatic rings. The van der Waals surface area contributed by atoms with Crippen LogP contribution < -0.4 is 11.4 Å². The van der Waals surface area contributed by atoms with Gasteiger partial charge in [0.2, 0.25) is 0 Å². The van der Waals surface area contributed by atoms with E-state index in [2.05, 4.69) is 9.51 Å². The first kappa shape index (κ1) is 15.1. The molecule has 0 aliphatic carbocycles. The summed E-state index contributed by atoms with van der Waals surface area (Å²) in [6, 6.07) is 1.25. The predicted octanol–water partition coefficient (Wildman–Crippen LogP) is -2.49. The highest BCUT2D eigenvalue weighted by atomic mass is 31.2. The van der Waals surface area contributed by atoms with E-state index in [9.17, 15) is 19.6 Å². The van der Waals surface area contributed by atoms with Crippen molar-refractivity contribution in [1.82, 2.24) is 9.55 Å². The third kappa shape index (κ3) is 3.04. The van der Waals surface area contributed by atoms with Crippen molar-refractivity contribution in [1.29, 1.82) is 0 Å². The Labute approximate surface area is 111 Å². The molecular weight excluding hydrogens is 297 g/mol. The van der Waals surface area contributed by atoms with Crippen LogP contribution in [0.25, 0.3) is 0 Å². The minimum absolute atomic E-state index is 0.0534. The zero-order valence-electron chi connectivity index (χ0n) is 9.80. The summed E-state index contributed by atoms with van der Waals surface area (Å²) in [5.41, 5.74) is 4.43. The molecule has 0 aromatic carbocycles. The van der Waals surface area contributed by atoms with E-state index in [0.717, 1.165) is 10.8 Å². The number of aliphatic hydroxyl groups excluding tert-OH is 2. The molecule has 2 unspecified atom stereocenters. The van der Waals surface area contributed by atoms with E-state index in [1.807, 2.05) is 0 Å². The van der Waals surface area contributed by atoms with Crippen molar-refractivity contribution in [3.05, 3.63) is 22.7 Å². The number of aromatic nitrogens is 2. The van der Waals surface area contributed by atoms with Gasteiger partial charge in [-0.05, 0) is 6.07 Å². The second kappa shape index (κ2) is 5.22. The lowest BCUT2D eigenvalue weighted by Crippen LogP contribution is -2.35. The molecule has 1 aliphatic heterocycles. The maximum Gasteiger partial charge on any atom is 0.472 e. The zero-order valence-corrected chi connectivity index (χ0v) is 10.7. The average Bonchev–Trinajstić information content (AvgIpc) is 2.56. The van der Waals surface area contributed by atoms with Crippen molar-refractivity contribution in [2.45, 2.75) is 24.7 Å². The van der Waals surface area contributed by atoms with Gasteiger partial charge in [-0.25, -0.2) is 9.36 Å². The number of ether oxygens (including phenoxy) is 1. The number of nitrogen functional groups attached to an aromatic ring is 1. The van der Waals surface area contributed by atoms with Gasteiger partial charge in [-0.2, -0.15) is 4.98 Å². The molecule has 2 rings (SSSR count). The van der Waals surface area contributed by atoms with Gasteiger partial charge in [-0.1, -0.05) is 0 Å². The first-order valence-electron chi connectivity index (χ1n) is 5.29. The van der Waals surface area contributed by atoms with Gasteiger partial charge in [0.15, 0.2) is 12.5 Å². The normalized spacial score (nSPS) is 30.6. The second-order valence-electron chi connectivity index (χ2n) is 4.01. The monoisotopic (exact) mass is 309 g/mol. The fraction of sp³-hybridized carbons (Fsp3) is 0.500. The van der Waals surface area contributed by atoms with Crippen molar-refractivity contribution in [2.75, 3.05) is 5.73 Å². The van der Waals surface area contributed by atoms with Gasteiger partial charge >= 0.3 is 13.5 Å². The topological polar surface area (TPSA) is 177 Å². The van der Waals surface area contributed by atoms with E-state index < -0.39 is 38.2 Å². The van der Waals surface area contributed by atoms with Crippen LogP contribution in [0.5, 0.6) is 0 Å². The summed E-state index contributed by atoms with van der Waals surface area (Å²) in [5, 5.41) is 19.3. The van der Waals surface area contributed by atoms with Crippen molar-refractivity contribution in [2.24, 2.45) is 0 Å². The molecule has 1 fully saturated rings. The Morgan fingerprint density at radius 1 is 1.40 bits per heavy atom. The lowest BCUT2D eigenvalue weighted by molar-refractivity contribution is -0.135. The molecule has 1 saturated heterocycles. The first-order valence-corrected chi connectivity index (χ1v) is 6.82. The minimum atomic E-state index is -4.94. The number of anilines is 1. The Balaban J connectivity index is 2.26. The summed E-state index contributed by atoms with van der Waals surface area (Å²) >= 11 is 0. The Morgan fingerprint density at radius 2 is 2.05 bits per heavy atom. The van der Waals surface area contributed by atoms with Crippen LogP contribution in [0.4, 0.5) is 5.82 Å². The van der Waals surface area contributed by atoms with Crippen LogP contribution in [-0.2, 0) is 13.8 Å². The number of rotatable bonds is 3. The van der Waals surface area contributed by atoms with E-state index in [-0.39, 0.29) is 5.82 Å². The molecule has 12 heteroatoms. The Hall–Kier alpha value is -1.33. The third-order valence-corrected chi connectivity index (χ3v) is 3.04. The molecule has 0 spiro atoms. The largest absolute Gasteiger partial charge is 0.472 e. The summed E-state index contributed by atoms with van der Waals surface area (Å²) < 4.78 is 20.6. The molecule has 2 heterocycles. The number of phosphoric ester groups is 1. The molecule has 6 N–H and O–H groups in total. The van der Waals surface area contributed by atoms with Crippen LogP contribution >= 0.6 is 7.82 Å². The van der Waals surface area contributed by atoms with Crippen LogP contribution in [0.15, 0.2) is 17.1 Å². The Kier molecular flexibility index (Phi) is 3.93. The standard InChI is InChI=1S/C8H12N3O8P/c9-3-1-2-11(8(14)10-3)6-4(12)5(13)7(18-6)19-20(15,16)17/h1-2,4-7,12-13H,(H2,9,10,14)(H2,15,16,17)/t4?,5?,6-,7-/m1/s1. The van der Waals surface area contributed by atoms with E-state index >= 15 is 0 Å². The van der Waals surface area contributed by atoms with Gasteiger partial charge in [-0.3, -0.25) is 9.09 Å². The second-order valence-corrected chi connectivity index (χ2v) is 5.21. The number of hydrogen-bond acceptors (Lipinski definition) is 8. The zero-order chi connectivity index (χ0) is 15.1. The van der Waals surface area contributed by atoms with Crippen LogP contribution in [0, 0.1) is 0 Å². The van der Waals surface area contributed by atoms with Gasteiger partial charge in [0.1, 0.15) is 18.0 Å². The van der Waals surface area contributed by atoms with Gasteiger partial charge in [-0.15, -0.1) is 0 Å². The van der Waals surface area contributed by atoms with Crippen molar-refractivity contribution < 1.29 is 33.8 Å². The van der Waals surface area contributed by atoms with Crippen molar-refractivity contribution in [3.8, 4) is 0 Å². The summed E-state index contributed by atoms with van der Waals surface area (Å²) in [5.74, 6) is -0.0534. The third-order valence-electron chi connectivity index (χ3n) is 2.56. The van der Waals surface area contributed by atoms with Gasteiger partial charge in [0.05, 0.1) is 0 Å². The molecule has 4 atom stereocenters. The maximum absolute atomic E-state index is 11.6. The highest BCUT2D eigenvalue weighted by Crippen LogP contribution is 2.42. The first-order chi connectivity index (χ1) is 9.19. The molecule has 1 aromatic heterocycles. The molecule has 0 amide bonds. The number of hydrogen-bond donors (Lipinski definition) is 5. The lowest BCUT2D eigenvalue weighted by atomic mass is 10.2. The molecular formula is C8H12N3O8P. The highest BCUT2D eigenvalue weighted by molar-refractivity contribution is 7.46. The summed E-state index contributed by atoms with van der Waals surface area (Å²) in [7, 11) is -4.94. The fourth-order valence-corrected chi connectivity index (χ4v) is 2.15. The van der Waals surface area contributed by atoms with Crippen LogP contribution in [0.3, 0.4) is 0 Å². The lowest BCUT2D eigenvalue weighted by Gasteiger charge is -2.16. The van der Waals surface area contributed by atoms with Gasteiger partial charge in [0, 0.05) is 6.20 Å². The van der Waals surface area contributed by atoms with Crippen LogP contribution in [-0.4, -0.2) is 48.0 Å². The van der Waals surface area contributed by atoms with Crippen molar-refractivity contribution in [3.63, 3.8) is 0 Å².